The first kappa shape index (κ1) is 19.4. The molecule has 3 aromatic rings. The van der Waals surface area contributed by atoms with Gasteiger partial charge in [0.15, 0.2) is 6.29 Å². The van der Waals surface area contributed by atoms with Crippen molar-refractivity contribution < 1.29 is 14.2 Å². The summed E-state index contributed by atoms with van der Waals surface area (Å²) < 4.78 is 15.9. The lowest BCUT2D eigenvalue weighted by molar-refractivity contribution is -0.0842. The minimum Gasteiger partial charge on any atom is -0.496 e. The smallest absolute Gasteiger partial charge is 0.166 e. The molecule has 0 aliphatic rings. The Bertz CT molecular complexity index is 922. The summed E-state index contributed by atoms with van der Waals surface area (Å²) in [6, 6.07) is 18.3. The van der Waals surface area contributed by atoms with E-state index in [0.29, 0.717) is 5.75 Å². The zero-order valence-corrected chi connectivity index (χ0v) is 16.5. The van der Waals surface area contributed by atoms with Gasteiger partial charge < -0.3 is 14.2 Å². The van der Waals surface area contributed by atoms with E-state index in [1.807, 2.05) is 30.3 Å². The summed E-state index contributed by atoms with van der Waals surface area (Å²) in [5.74, 6) is 1.55. The zero-order chi connectivity index (χ0) is 19.1. The van der Waals surface area contributed by atoms with Crippen molar-refractivity contribution in [2.45, 2.75) is 11.3 Å². The molecular formula is C22H23NO3S. The molecule has 1 aromatic heterocycles. The van der Waals surface area contributed by atoms with Crippen molar-refractivity contribution in [3.63, 3.8) is 0 Å². The molecule has 0 bridgehead atoms. The number of fused-ring (bicyclic) bond motifs is 1. The predicted octanol–water partition coefficient (Wildman–Crippen LogP) is 5.12. The van der Waals surface area contributed by atoms with Gasteiger partial charge in [-0.25, -0.2) is 4.98 Å². The predicted molar refractivity (Wildman–Crippen MR) is 112 cm³/mol. The fourth-order valence-corrected chi connectivity index (χ4v) is 3.58. The SMILES string of the molecule is COc1ccccc1C=Cc1ccc2ccc(SCC(OC)OC)nc2c1. The first-order valence-electron chi connectivity index (χ1n) is 8.64. The van der Waals surface area contributed by atoms with E-state index in [9.17, 15) is 0 Å². The summed E-state index contributed by atoms with van der Waals surface area (Å²) in [5.41, 5.74) is 3.10. The molecule has 0 amide bonds. The highest BCUT2D eigenvalue weighted by Crippen LogP contribution is 2.24. The van der Waals surface area contributed by atoms with Crippen LogP contribution in [0.25, 0.3) is 23.1 Å². The van der Waals surface area contributed by atoms with Crippen molar-refractivity contribution in [3.05, 3.63) is 65.7 Å². The van der Waals surface area contributed by atoms with Crippen LogP contribution in [0.5, 0.6) is 5.75 Å². The Labute approximate surface area is 164 Å². The summed E-state index contributed by atoms with van der Waals surface area (Å²) in [6.07, 6.45) is 3.90. The molecule has 0 unspecified atom stereocenters. The van der Waals surface area contributed by atoms with Crippen molar-refractivity contribution >= 4 is 34.8 Å². The molecule has 2 aromatic carbocycles. The Kier molecular flexibility index (Phi) is 6.87. The summed E-state index contributed by atoms with van der Waals surface area (Å²) in [5, 5.41) is 2.07. The topological polar surface area (TPSA) is 40.6 Å². The van der Waals surface area contributed by atoms with Crippen LogP contribution in [0, 0.1) is 0 Å². The van der Waals surface area contributed by atoms with Crippen molar-refractivity contribution in [2.24, 2.45) is 0 Å². The van der Waals surface area contributed by atoms with E-state index in [-0.39, 0.29) is 6.29 Å². The molecule has 0 saturated heterocycles. The minimum atomic E-state index is -0.234. The molecule has 140 valence electrons. The Hall–Kier alpha value is -2.34. The maximum atomic E-state index is 5.40. The molecule has 0 aliphatic heterocycles. The number of para-hydroxylation sites is 1. The first-order chi connectivity index (χ1) is 13.2. The number of methoxy groups -OCH3 is 3. The highest BCUT2D eigenvalue weighted by molar-refractivity contribution is 7.99. The zero-order valence-electron chi connectivity index (χ0n) is 15.7. The van der Waals surface area contributed by atoms with Gasteiger partial charge in [-0.1, -0.05) is 48.6 Å². The largest absolute Gasteiger partial charge is 0.496 e. The number of hydrogen-bond acceptors (Lipinski definition) is 5. The van der Waals surface area contributed by atoms with Crippen molar-refractivity contribution in [1.29, 1.82) is 0 Å². The van der Waals surface area contributed by atoms with Gasteiger partial charge in [0.05, 0.1) is 23.4 Å². The number of aromatic nitrogens is 1. The lowest BCUT2D eigenvalue weighted by atomic mass is 10.1. The van der Waals surface area contributed by atoms with Crippen LogP contribution < -0.4 is 4.74 Å². The number of pyridine rings is 1. The normalized spacial score (nSPS) is 11.6. The monoisotopic (exact) mass is 381 g/mol. The maximum absolute atomic E-state index is 5.40. The second-order valence-corrected chi connectivity index (χ2v) is 6.93. The van der Waals surface area contributed by atoms with Gasteiger partial charge in [0.1, 0.15) is 5.75 Å². The molecular weight excluding hydrogens is 358 g/mol. The molecule has 4 nitrogen and oxygen atoms in total. The van der Waals surface area contributed by atoms with E-state index in [1.165, 1.54) is 0 Å². The van der Waals surface area contributed by atoms with Crippen LogP contribution in [0.1, 0.15) is 11.1 Å². The lowest BCUT2D eigenvalue weighted by Gasteiger charge is -2.12. The summed E-state index contributed by atoms with van der Waals surface area (Å²) in [6.45, 7) is 0. The van der Waals surface area contributed by atoms with E-state index in [2.05, 4.69) is 36.4 Å². The number of thioether (sulfide) groups is 1. The Morgan fingerprint density at radius 2 is 1.74 bits per heavy atom. The number of hydrogen-bond donors (Lipinski definition) is 0. The second kappa shape index (κ2) is 9.55. The molecule has 0 saturated carbocycles. The third-order valence-corrected chi connectivity index (χ3v) is 5.14. The Morgan fingerprint density at radius 1 is 0.963 bits per heavy atom. The fourth-order valence-electron chi connectivity index (χ4n) is 2.68. The van der Waals surface area contributed by atoms with Crippen LogP contribution in [-0.4, -0.2) is 38.4 Å². The van der Waals surface area contributed by atoms with Crippen LogP contribution in [-0.2, 0) is 9.47 Å². The summed E-state index contributed by atoms with van der Waals surface area (Å²) >= 11 is 1.62. The van der Waals surface area contributed by atoms with Gasteiger partial charge in [-0.3, -0.25) is 0 Å². The Balaban J connectivity index is 1.80. The van der Waals surface area contributed by atoms with Gasteiger partial charge in [0, 0.05) is 25.2 Å². The number of nitrogens with zero attached hydrogens (tertiary/aromatic N) is 1. The minimum absolute atomic E-state index is 0.234. The molecule has 0 spiro atoms. The third kappa shape index (κ3) is 5.10. The average Bonchev–Trinajstić information content (AvgIpc) is 2.72. The fraction of sp³-hybridized carbons (Fsp3) is 0.227. The molecule has 0 atom stereocenters. The van der Waals surface area contributed by atoms with Crippen LogP contribution in [0.3, 0.4) is 0 Å². The molecule has 3 rings (SSSR count). The quantitative estimate of drug-likeness (QED) is 0.307. The van der Waals surface area contributed by atoms with E-state index in [1.54, 1.807) is 33.1 Å². The molecule has 0 radical (unpaired) electrons. The summed E-state index contributed by atoms with van der Waals surface area (Å²) in [4.78, 5) is 4.76. The average molecular weight is 381 g/mol. The lowest BCUT2D eigenvalue weighted by Crippen LogP contribution is -2.15. The standard InChI is InChI=1S/C22H23NO3S/c1-24-20-7-5-4-6-18(20)11-9-16-8-10-17-12-13-21(23-19(17)14-16)27-15-22(25-2)26-3/h4-14,22H,15H2,1-3H3. The molecule has 0 N–H and O–H groups in total. The van der Waals surface area contributed by atoms with Crippen molar-refractivity contribution in [3.8, 4) is 5.75 Å². The van der Waals surface area contributed by atoms with E-state index >= 15 is 0 Å². The first-order valence-corrected chi connectivity index (χ1v) is 9.62. The van der Waals surface area contributed by atoms with Gasteiger partial charge in [-0.2, -0.15) is 0 Å². The van der Waals surface area contributed by atoms with E-state index in [0.717, 1.165) is 32.8 Å². The highest BCUT2D eigenvalue weighted by Gasteiger charge is 2.07. The molecule has 0 aliphatic carbocycles. The van der Waals surface area contributed by atoms with Crippen LogP contribution in [0.15, 0.2) is 59.6 Å². The molecule has 1 heterocycles. The Morgan fingerprint density at radius 3 is 2.52 bits per heavy atom. The highest BCUT2D eigenvalue weighted by atomic mass is 32.2. The number of ether oxygens (including phenoxy) is 3. The molecule has 0 fully saturated rings. The van der Waals surface area contributed by atoms with Gasteiger partial charge in [0.25, 0.3) is 0 Å². The summed E-state index contributed by atoms with van der Waals surface area (Å²) in [7, 11) is 4.97. The van der Waals surface area contributed by atoms with Gasteiger partial charge in [0.2, 0.25) is 0 Å². The van der Waals surface area contributed by atoms with E-state index < -0.39 is 0 Å². The van der Waals surface area contributed by atoms with E-state index in [4.69, 9.17) is 19.2 Å². The van der Waals surface area contributed by atoms with Gasteiger partial charge in [-0.15, -0.1) is 11.8 Å². The van der Waals surface area contributed by atoms with Gasteiger partial charge >= 0.3 is 0 Å². The van der Waals surface area contributed by atoms with Gasteiger partial charge in [-0.05, 0) is 23.8 Å². The third-order valence-electron chi connectivity index (χ3n) is 4.18. The second-order valence-electron chi connectivity index (χ2n) is 5.89. The molecule has 27 heavy (non-hydrogen) atoms. The number of rotatable bonds is 8. The van der Waals surface area contributed by atoms with Crippen molar-refractivity contribution in [1.82, 2.24) is 4.98 Å². The van der Waals surface area contributed by atoms with Crippen LogP contribution in [0.4, 0.5) is 0 Å². The maximum Gasteiger partial charge on any atom is 0.166 e. The van der Waals surface area contributed by atoms with Crippen molar-refractivity contribution in [2.75, 3.05) is 27.1 Å². The van der Waals surface area contributed by atoms with Crippen LogP contribution in [0.2, 0.25) is 0 Å². The number of benzene rings is 2. The molecule has 5 heteroatoms. The van der Waals surface area contributed by atoms with Crippen LogP contribution >= 0.6 is 11.8 Å².